The van der Waals surface area contributed by atoms with Crippen LogP contribution in [0.4, 0.5) is 5.69 Å². The molecular weight excluding hydrogens is 275 g/mol. The topological polar surface area (TPSA) is 38.4 Å². The van der Waals surface area contributed by atoms with Crippen LogP contribution in [0.3, 0.4) is 0 Å². The SMILES string of the molecule is CC(C)c1cc(Br)ccc1N=C(N)CCl. The summed E-state index contributed by atoms with van der Waals surface area (Å²) >= 11 is 9.04. The summed E-state index contributed by atoms with van der Waals surface area (Å²) in [6.07, 6.45) is 0. The molecule has 0 bridgehead atoms. The zero-order valence-electron chi connectivity index (χ0n) is 8.80. The molecular formula is C11H14BrClN2. The quantitative estimate of drug-likeness (QED) is 0.513. The Kier molecular flexibility index (Phi) is 4.61. The summed E-state index contributed by atoms with van der Waals surface area (Å²) in [4.78, 5) is 4.28. The van der Waals surface area contributed by atoms with E-state index < -0.39 is 0 Å². The second-order valence-corrected chi connectivity index (χ2v) is 4.78. The molecule has 0 heterocycles. The monoisotopic (exact) mass is 288 g/mol. The van der Waals surface area contributed by atoms with Gasteiger partial charge in [-0.1, -0.05) is 29.8 Å². The van der Waals surface area contributed by atoms with Crippen molar-refractivity contribution in [2.75, 3.05) is 5.88 Å². The highest BCUT2D eigenvalue weighted by Crippen LogP contribution is 2.29. The van der Waals surface area contributed by atoms with Gasteiger partial charge in [-0.15, -0.1) is 11.6 Å². The van der Waals surface area contributed by atoms with E-state index in [1.165, 1.54) is 0 Å². The van der Waals surface area contributed by atoms with Gasteiger partial charge in [0.2, 0.25) is 0 Å². The minimum Gasteiger partial charge on any atom is -0.386 e. The molecule has 1 rings (SSSR count). The minimum absolute atomic E-state index is 0.258. The van der Waals surface area contributed by atoms with Gasteiger partial charge in [-0.2, -0.15) is 0 Å². The normalized spacial score (nSPS) is 12.2. The van der Waals surface area contributed by atoms with Crippen molar-refractivity contribution >= 4 is 39.1 Å². The number of halogens is 2. The van der Waals surface area contributed by atoms with Crippen molar-refractivity contribution in [1.82, 2.24) is 0 Å². The number of rotatable bonds is 3. The molecule has 0 aliphatic carbocycles. The lowest BCUT2D eigenvalue weighted by molar-refractivity contribution is 0.866. The van der Waals surface area contributed by atoms with Gasteiger partial charge in [-0.25, -0.2) is 4.99 Å². The average Bonchev–Trinajstić information content (AvgIpc) is 2.20. The smallest absolute Gasteiger partial charge is 0.115 e. The third-order valence-electron chi connectivity index (χ3n) is 2.01. The van der Waals surface area contributed by atoms with Gasteiger partial charge in [0.25, 0.3) is 0 Å². The summed E-state index contributed by atoms with van der Waals surface area (Å²) in [5.74, 6) is 1.11. The number of nitrogens with zero attached hydrogens (tertiary/aromatic N) is 1. The summed E-state index contributed by atoms with van der Waals surface area (Å²) in [5.41, 5.74) is 7.68. The number of aliphatic imine (C=N–C) groups is 1. The van der Waals surface area contributed by atoms with Crippen molar-refractivity contribution in [2.45, 2.75) is 19.8 Å². The highest BCUT2D eigenvalue weighted by Gasteiger charge is 2.06. The first kappa shape index (κ1) is 12.5. The molecule has 0 spiro atoms. The molecule has 0 aromatic heterocycles. The Balaban J connectivity index is 3.17. The van der Waals surface area contributed by atoms with Crippen molar-refractivity contribution in [3.63, 3.8) is 0 Å². The molecule has 1 aromatic carbocycles. The largest absolute Gasteiger partial charge is 0.386 e. The van der Waals surface area contributed by atoms with Crippen molar-refractivity contribution < 1.29 is 0 Å². The van der Waals surface area contributed by atoms with Crippen LogP contribution >= 0.6 is 27.5 Å². The van der Waals surface area contributed by atoms with Crippen LogP contribution in [0.15, 0.2) is 27.7 Å². The van der Waals surface area contributed by atoms with Crippen LogP contribution in [-0.4, -0.2) is 11.7 Å². The van der Waals surface area contributed by atoms with Crippen LogP contribution in [0.25, 0.3) is 0 Å². The molecule has 0 saturated heterocycles. The van der Waals surface area contributed by atoms with Gasteiger partial charge in [0, 0.05) is 4.47 Å². The third kappa shape index (κ3) is 3.50. The van der Waals surface area contributed by atoms with Gasteiger partial charge in [-0.3, -0.25) is 0 Å². The van der Waals surface area contributed by atoms with E-state index in [4.69, 9.17) is 17.3 Å². The summed E-state index contributed by atoms with van der Waals surface area (Å²) in [6, 6.07) is 5.95. The maximum absolute atomic E-state index is 5.62. The van der Waals surface area contributed by atoms with Crippen molar-refractivity contribution in [2.24, 2.45) is 10.7 Å². The summed E-state index contributed by atoms with van der Waals surface area (Å²) in [7, 11) is 0. The van der Waals surface area contributed by atoms with Crippen LogP contribution in [0, 0.1) is 0 Å². The fourth-order valence-electron chi connectivity index (χ4n) is 1.27. The van der Waals surface area contributed by atoms with E-state index in [-0.39, 0.29) is 5.88 Å². The lowest BCUT2D eigenvalue weighted by atomic mass is 10.0. The summed E-state index contributed by atoms with van der Waals surface area (Å²) in [6.45, 7) is 4.25. The number of nitrogens with two attached hydrogens (primary N) is 1. The molecule has 0 fully saturated rings. The van der Waals surface area contributed by atoms with E-state index >= 15 is 0 Å². The lowest BCUT2D eigenvalue weighted by Crippen LogP contribution is -2.12. The zero-order chi connectivity index (χ0) is 11.4. The van der Waals surface area contributed by atoms with E-state index in [0.29, 0.717) is 11.8 Å². The second-order valence-electron chi connectivity index (χ2n) is 3.59. The first-order chi connectivity index (χ1) is 7.04. The van der Waals surface area contributed by atoms with E-state index in [2.05, 4.69) is 40.8 Å². The Morgan fingerprint density at radius 1 is 1.53 bits per heavy atom. The number of amidine groups is 1. The Hall–Kier alpha value is -0.540. The van der Waals surface area contributed by atoms with Crippen molar-refractivity contribution in [1.29, 1.82) is 0 Å². The van der Waals surface area contributed by atoms with E-state index in [1.54, 1.807) is 0 Å². The number of alkyl halides is 1. The Morgan fingerprint density at radius 2 is 2.20 bits per heavy atom. The van der Waals surface area contributed by atoms with Crippen LogP contribution in [0.1, 0.15) is 25.3 Å². The molecule has 2 N–H and O–H groups in total. The first-order valence-electron chi connectivity index (χ1n) is 4.73. The molecule has 0 unspecified atom stereocenters. The van der Waals surface area contributed by atoms with Crippen LogP contribution in [0.5, 0.6) is 0 Å². The Morgan fingerprint density at radius 3 is 2.73 bits per heavy atom. The predicted octanol–water partition coefficient (Wildman–Crippen LogP) is 3.80. The van der Waals surface area contributed by atoms with Gasteiger partial charge in [0.1, 0.15) is 5.84 Å². The molecule has 0 aliphatic heterocycles. The Bertz CT molecular complexity index is 375. The molecule has 0 radical (unpaired) electrons. The van der Waals surface area contributed by atoms with Crippen LogP contribution in [-0.2, 0) is 0 Å². The number of hydrogen-bond acceptors (Lipinski definition) is 1. The van der Waals surface area contributed by atoms with E-state index in [9.17, 15) is 0 Å². The molecule has 0 atom stereocenters. The molecule has 0 amide bonds. The molecule has 4 heteroatoms. The Labute approximate surface area is 104 Å². The highest BCUT2D eigenvalue weighted by molar-refractivity contribution is 9.10. The van der Waals surface area contributed by atoms with Crippen molar-refractivity contribution in [3.8, 4) is 0 Å². The van der Waals surface area contributed by atoms with Gasteiger partial charge in [0.15, 0.2) is 0 Å². The number of benzene rings is 1. The van der Waals surface area contributed by atoms with Gasteiger partial charge >= 0.3 is 0 Å². The molecule has 2 nitrogen and oxygen atoms in total. The van der Waals surface area contributed by atoms with Crippen molar-refractivity contribution in [3.05, 3.63) is 28.2 Å². The molecule has 0 aliphatic rings. The third-order valence-corrected chi connectivity index (χ3v) is 2.78. The molecule has 82 valence electrons. The predicted molar refractivity (Wildman–Crippen MR) is 70.2 cm³/mol. The summed E-state index contributed by atoms with van der Waals surface area (Å²) in [5, 5.41) is 0. The lowest BCUT2D eigenvalue weighted by Gasteiger charge is -2.10. The van der Waals surface area contributed by atoms with E-state index in [0.717, 1.165) is 15.7 Å². The maximum Gasteiger partial charge on any atom is 0.115 e. The van der Waals surface area contributed by atoms with E-state index in [1.807, 2.05) is 12.1 Å². The number of hydrogen-bond donors (Lipinski definition) is 1. The summed E-state index contributed by atoms with van der Waals surface area (Å²) < 4.78 is 1.05. The minimum atomic E-state index is 0.258. The fourth-order valence-corrected chi connectivity index (χ4v) is 1.71. The fraction of sp³-hybridized carbons (Fsp3) is 0.364. The highest BCUT2D eigenvalue weighted by atomic mass is 79.9. The average molecular weight is 290 g/mol. The van der Waals surface area contributed by atoms with Crippen LogP contribution in [0.2, 0.25) is 0 Å². The zero-order valence-corrected chi connectivity index (χ0v) is 11.1. The van der Waals surface area contributed by atoms with Crippen LogP contribution < -0.4 is 5.73 Å². The molecule has 0 saturated carbocycles. The first-order valence-corrected chi connectivity index (χ1v) is 6.05. The second kappa shape index (κ2) is 5.52. The maximum atomic E-state index is 5.62. The van der Waals surface area contributed by atoms with Gasteiger partial charge < -0.3 is 5.73 Å². The standard InChI is InChI=1S/C11H14BrClN2/c1-7(2)9-5-8(12)3-4-10(9)15-11(14)6-13/h3-5,7H,6H2,1-2H3,(H2,14,15). The van der Waals surface area contributed by atoms with Gasteiger partial charge in [0.05, 0.1) is 11.6 Å². The molecule has 15 heavy (non-hydrogen) atoms. The molecule has 1 aromatic rings. The van der Waals surface area contributed by atoms with Gasteiger partial charge in [-0.05, 0) is 29.7 Å².